The lowest BCUT2D eigenvalue weighted by Crippen LogP contribution is -2.60. The van der Waals surface area contributed by atoms with Gasteiger partial charge in [-0.05, 0) is 41.5 Å². The lowest BCUT2D eigenvalue weighted by atomic mass is 9.88. The molecule has 3 rings (SSSR count). The van der Waals surface area contributed by atoms with Gasteiger partial charge in [0, 0.05) is 12.5 Å². The summed E-state index contributed by atoms with van der Waals surface area (Å²) >= 11 is 0. The van der Waals surface area contributed by atoms with Gasteiger partial charge in [0.05, 0.1) is 13.7 Å². The molecule has 1 saturated heterocycles. The van der Waals surface area contributed by atoms with Gasteiger partial charge >= 0.3 is 17.9 Å². The number of aliphatic hydroxyl groups is 5. The highest BCUT2D eigenvalue weighted by atomic mass is 16.7. The summed E-state index contributed by atoms with van der Waals surface area (Å²) in [6, 6.07) is 7.06. The summed E-state index contributed by atoms with van der Waals surface area (Å²) in [5, 5.41) is 88.4. The van der Waals surface area contributed by atoms with Crippen molar-refractivity contribution in [1.29, 1.82) is 0 Å². The van der Waals surface area contributed by atoms with E-state index in [4.69, 9.17) is 18.9 Å². The van der Waals surface area contributed by atoms with Crippen LogP contribution in [0.5, 0.6) is 23.0 Å². The fourth-order valence-electron chi connectivity index (χ4n) is 4.12. The number of ether oxygens (including phenoxy) is 4. The Hall–Kier alpha value is -4.45. The van der Waals surface area contributed by atoms with Crippen molar-refractivity contribution in [3.63, 3.8) is 0 Å². The van der Waals surface area contributed by atoms with Crippen LogP contribution in [-0.4, -0.2) is 120 Å². The number of carbonyl (C=O) groups is 3. The molecule has 1 aliphatic heterocycles. The molecule has 0 aromatic heterocycles. The number of phenolic OH excluding ortho intramolecular Hbond substituents is 2. The highest BCUT2D eigenvalue weighted by Crippen LogP contribution is 2.33. The zero-order valence-corrected chi connectivity index (χ0v) is 22.4. The van der Waals surface area contributed by atoms with E-state index in [1.54, 1.807) is 0 Å². The number of aliphatic hydroxyl groups excluding tert-OH is 4. The minimum Gasteiger partial charge on any atom is -0.504 e. The van der Waals surface area contributed by atoms with E-state index in [0.717, 1.165) is 30.4 Å². The number of methoxy groups -OCH3 is 1. The Balaban J connectivity index is 1.76. The quantitative estimate of drug-likeness (QED) is 0.0740. The van der Waals surface area contributed by atoms with Crippen LogP contribution in [-0.2, 0) is 30.3 Å². The average Bonchev–Trinajstić information content (AvgIpc) is 2.97. The second-order valence-corrected chi connectivity index (χ2v) is 9.44. The lowest BCUT2D eigenvalue weighted by molar-refractivity contribution is -0.277. The molecule has 0 spiro atoms. The van der Waals surface area contributed by atoms with Crippen molar-refractivity contribution < 1.29 is 79.3 Å². The number of aromatic hydroxyl groups is 2. The molecule has 1 heterocycles. The number of carbonyl (C=O) groups excluding carboxylic acids is 1. The number of hydrogen-bond donors (Lipinski definition) is 9. The van der Waals surface area contributed by atoms with E-state index in [0.29, 0.717) is 0 Å². The number of carboxylic acids is 2. The van der Waals surface area contributed by atoms with Gasteiger partial charge in [-0.1, -0.05) is 12.1 Å². The molecule has 7 atom stereocenters. The average molecular weight is 611 g/mol. The zero-order chi connectivity index (χ0) is 32.1. The van der Waals surface area contributed by atoms with E-state index >= 15 is 0 Å². The van der Waals surface area contributed by atoms with Crippen LogP contribution in [0.2, 0.25) is 0 Å². The Labute approximate surface area is 242 Å². The van der Waals surface area contributed by atoms with Crippen molar-refractivity contribution in [2.75, 3.05) is 13.7 Å². The molecule has 0 aliphatic carbocycles. The van der Waals surface area contributed by atoms with Gasteiger partial charge in [0.1, 0.15) is 24.4 Å². The second kappa shape index (κ2) is 13.7. The minimum absolute atomic E-state index is 0.00992. The van der Waals surface area contributed by atoms with Crippen LogP contribution >= 0.6 is 0 Å². The molecule has 2 aromatic carbocycles. The third kappa shape index (κ3) is 7.50. The third-order valence-corrected chi connectivity index (χ3v) is 6.47. The molecule has 9 N–H and O–H groups in total. The van der Waals surface area contributed by atoms with Crippen molar-refractivity contribution >= 4 is 24.0 Å². The first-order chi connectivity index (χ1) is 20.2. The monoisotopic (exact) mass is 610 g/mol. The summed E-state index contributed by atoms with van der Waals surface area (Å²) in [6.07, 6.45) is -9.32. The molecule has 0 radical (unpaired) electrons. The van der Waals surface area contributed by atoms with Gasteiger partial charge in [-0.25, -0.2) is 14.4 Å². The molecular weight excluding hydrogens is 580 g/mol. The largest absolute Gasteiger partial charge is 0.504 e. The van der Waals surface area contributed by atoms with Crippen LogP contribution in [0, 0.1) is 0 Å². The number of rotatable bonds is 12. The number of esters is 1. The molecule has 43 heavy (non-hydrogen) atoms. The second-order valence-electron chi connectivity index (χ2n) is 9.44. The number of carboxylic acid groups (broad SMARTS) is 2. The van der Waals surface area contributed by atoms with E-state index in [-0.39, 0.29) is 22.6 Å². The Bertz CT molecular complexity index is 1360. The predicted octanol–water partition coefficient (Wildman–Crippen LogP) is -1.65. The Morgan fingerprint density at radius 1 is 0.977 bits per heavy atom. The maximum absolute atomic E-state index is 12.5. The maximum atomic E-state index is 12.5. The Kier molecular flexibility index (Phi) is 10.5. The van der Waals surface area contributed by atoms with Crippen molar-refractivity contribution in [1.82, 2.24) is 0 Å². The summed E-state index contributed by atoms with van der Waals surface area (Å²) in [6.45, 7) is -0.672. The predicted molar refractivity (Wildman–Crippen MR) is 140 cm³/mol. The summed E-state index contributed by atoms with van der Waals surface area (Å²) in [7, 11) is 1.26. The van der Waals surface area contributed by atoms with Crippen molar-refractivity contribution in [2.45, 2.75) is 48.8 Å². The van der Waals surface area contributed by atoms with Crippen LogP contribution < -0.4 is 9.47 Å². The van der Waals surface area contributed by atoms with Crippen molar-refractivity contribution in [3.05, 3.63) is 53.6 Å². The number of hydrogen-bond acceptors (Lipinski definition) is 14. The Morgan fingerprint density at radius 3 is 2.26 bits per heavy atom. The van der Waals surface area contributed by atoms with E-state index in [2.05, 4.69) is 0 Å². The third-order valence-electron chi connectivity index (χ3n) is 6.47. The highest BCUT2D eigenvalue weighted by Gasteiger charge is 2.51. The highest BCUT2D eigenvalue weighted by molar-refractivity contribution is 5.93. The first-order valence-corrected chi connectivity index (χ1v) is 12.4. The number of phenols is 2. The maximum Gasteiger partial charge on any atom is 0.348 e. The fourth-order valence-corrected chi connectivity index (χ4v) is 4.12. The van der Waals surface area contributed by atoms with Gasteiger partial charge in [-0.15, -0.1) is 0 Å². The van der Waals surface area contributed by atoms with Crippen molar-refractivity contribution in [3.8, 4) is 23.0 Å². The van der Waals surface area contributed by atoms with Gasteiger partial charge in [0.2, 0.25) is 18.0 Å². The fraction of sp³-hybridized carbons (Fsp3) is 0.370. The molecule has 1 aliphatic rings. The van der Waals surface area contributed by atoms with Crippen LogP contribution in [0.1, 0.15) is 11.1 Å². The van der Waals surface area contributed by atoms with Gasteiger partial charge in [0.25, 0.3) is 0 Å². The molecule has 16 nitrogen and oxygen atoms in total. The summed E-state index contributed by atoms with van der Waals surface area (Å²) < 4.78 is 20.9. The minimum atomic E-state index is -3.18. The summed E-state index contributed by atoms with van der Waals surface area (Å²) in [4.78, 5) is 36.2. The lowest BCUT2D eigenvalue weighted by Gasteiger charge is -2.39. The van der Waals surface area contributed by atoms with Gasteiger partial charge in [-0.3, -0.25) is 0 Å². The molecule has 2 unspecified atom stereocenters. The molecule has 1 fully saturated rings. The topological polar surface area (TPSA) is 270 Å². The molecule has 0 saturated carbocycles. The molecule has 0 bridgehead atoms. The van der Waals surface area contributed by atoms with Crippen LogP contribution in [0.25, 0.3) is 6.08 Å². The molecule has 234 valence electrons. The van der Waals surface area contributed by atoms with Crippen LogP contribution in [0.4, 0.5) is 0 Å². The number of benzene rings is 2. The summed E-state index contributed by atoms with van der Waals surface area (Å²) in [5.74, 6) is -6.54. The van der Waals surface area contributed by atoms with Crippen molar-refractivity contribution in [2.24, 2.45) is 0 Å². The van der Waals surface area contributed by atoms with Gasteiger partial charge in [-0.2, -0.15) is 0 Å². The van der Waals surface area contributed by atoms with Crippen LogP contribution in [0.3, 0.4) is 0 Å². The first kappa shape index (κ1) is 33.1. The van der Waals surface area contributed by atoms with Crippen LogP contribution in [0.15, 0.2) is 42.5 Å². The van der Waals surface area contributed by atoms with E-state index in [9.17, 15) is 60.3 Å². The molecule has 2 aromatic rings. The first-order valence-electron chi connectivity index (χ1n) is 12.4. The standard InChI is InChI=1S/C27H30O16/c1-40-17-9-12(3-6-16(17)41-25-22(34)21(33)20(32)18(11-28)42-25)4-7-19(31)43-23(24(35)36)27(39,26(37)38)10-13-2-5-14(29)15(30)8-13/h2-9,18,20-23,25,28-30,32-34,39H,10-11H2,1H3,(H,35,36)(H,37,38)/b7-4+/t18?,20?,21-,22+,23-,25-,27-/m1/s1. The zero-order valence-electron chi connectivity index (χ0n) is 22.4. The smallest absolute Gasteiger partial charge is 0.348 e. The SMILES string of the molecule is COc1cc(/C=C/C(=O)O[C@H](C(=O)O)[C@](O)(Cc2ccc(O)c(O)c2)C(=O)O)ccc1O[C@@H]1OC(CO)C(O)[C@@H](O)[C@@H]1O. The normalized spacial score (nSPS) is 24.1. The van der Waals surface area contributed by atoms with E-state index in [1.165, 1.54) is 25.3 Å². The van der Waals surface area contributed by atoms with Gasteiger partial charge in [0.15, 0.2) is 23.0 Å². The molecule has 0 amide bonds. The van der Waals surface area contributed by atoms with E-state index < -0.39 is 84.8 Å². The molecule has 16 heteroatoms. The number of aliphatic carboxylic acids is 2. The van der Waals surface area contributed by atoms with E-state index in [1.807, 2.05) is 0 Å². The molecular formula is C27H30O16. The van der Waals surface area contributed by atoms with Gasteiger partial charge < -0.3 is 64.9 Å². The summed E-state index contributed by atoms with van der Waals surface area (Å²) in [5.41, 5.74) is -3.00. The Morgan fingerprint density at radius 2 is 1.67 bits per heavy atom.